The third kappa shape index (κ3) is 3.25. The molecule has 0 amide bonds. The van der Waals surface area contributed by atoms with Crippen molar-refractivity contribution in [2.24, 2.45) is 0 Å². The Hall–Kier alpha value is -0.840. The smallest absolute Gasteiger partial charge is 0.122 e. The number of hydrogen-bond donors (Lipinski definition) is 1. The number of benzene rings is 1. The van der Waals surface area contributed by atoms with Crippen LogP contribution in [0, 0.1) is 13.8 Å². The summed E-state index contributed by atoms with van der Waals surface area (Å²) in [5.41, 5.74) is 3.74. The Morgan fingerprint density at radius 1 is 1.25 bits per heavy atom. The summed E-state index contributed by atoms with van der Waals surface area (Å²) in [4.78, 5) is 1.33. The molecule has 1 unspecified atom stereocenters. The topological polar surface area (TPSA) is 21.3 Å². The van der Waals surface area contributed by atoms with E-state index in [4.69, 9.17) is 4.74 Å². The highest BCUT2D eigenvalue weighted by molar-refractivity contribution is 9.11. The predicted molar refractivity (Wildman–Crippen MR) is 90.0 cm³/mol. The summed E-state index contributed by atoms with van der Waals surface area (Å²) < 4.78 is 6.57. The van der Waals surface area contributed by atoms with Crippen molar-refractivity contribution in [1.29, 1.82) is 0 Å². The molecular formula is C16H20BrNOS. The van der Waals surface area contributed by atoms with Crippen LogP contribution in [0.15, 0.2) is 28.1 Å². The standard InChI is InChI=1S/C16H20BrNOS/c1-5-18-16(14-6-7-15(17)20-14)12-8-11(3)13(19-4)9-10(12)2/h6-9,16,18H,5H2,1-4H3. The Kier molecular flexibility index (Phi) is 5.24. The van der Waals surface area contributed by atoms with Crippen molar-refractivity contribution in [3.05, 3.63) is 49.6 Å². The zero-order chi connectivity index (χ0) is 14.7. The molecule has 0 bridgehead atoms. The van der Waals surface area contributed by atoms with E-state index in [1.54, 1.807) is 18.4 Å². The van der Waals surface area contributed by atoms with Crippen LogP contribution in [-0.4, -0.2) is 13.7 Å². The molecule has 0 aliphatic carbocycles. The maximum absolute atomic E-state index is 5.41. The summed E-state index contributed by atoms with van der Waals surface area (Å²) in [5.74, 6) is 0.953. The fourth-order valence-electron chi connectivity index (χ4n) is 2.39. The van der Waals surface area contributed by atoms with Gasteiger partial charge in [0.25, 0.3) is 0 Å². The van der Waals surface area contributed by atoms with E-state index in [1.165, 1.54) is 25.4 Å². The van der Waals surface area contributed by atoms with E-state index in [0.29, 0.717) is 0 Å². The van der Waals surface area contributed by atoms with Crippen LogP contribution < -0.4 is 10.1 Å². The summed E-state index contributed by atoms with van der Waals surface area (Å²) in [6.45, 7) is 7.31. The molecule has 4 heteroatoms. The SMILES string of the molecule is CCNC(c1ccc(Br)s1)c1cc(C)c(OC)cc1C. The molecule has 1 aromatic heterocycles. The Balaban J connectivity index is 2.46. The molecule has 0 aliphatic heterocycles. The van der Waals surface area contributed by atoms with Gasteiger partial charge in [-0.25, -0.2) is 0 Å². The normalized spacial score (nSPS) is 12.4. The molecule has 0 spiro atoms. The van der Waals surface area contributed by atoms with Gasteiger partial charge in [0.05, 0.1) is 16.9 Å². The van der Waals surface area contributed by atoms with Crippen molar-refractivity contribution >= 4 is 27.3 Å². The second-order valence-electron chi connectivity index (χ2n) is 4.81. The number of rotatable bonds is 5. The molecule has 0 radical (unpaired) electrons. The molecule has 108 valence electrons. The van der Waals surface area contributed by atoms with Gasteiger partial charge in [-0.3, -0.25) is 0 Å². The van der Waals surface area contributed by atoms with Gasteiger partial charge in [0.15, 0.2) is 0 Å². The number of aryl methyl sites for hydroxylation is 2. The highest BCUT2D eigenvalue weighted by Crippen LogP contribution is 2.34. The highest BCUT2D eigenvalue weighted by Gasteiger charge is 2.18. The van der Waals surface area contributed by atoms with Gasteiger partial charge < -0.3 is 10.1 Å². The van der Waals surface area contributed by atoms with E-state index in [-0.39, 0.29) is 6.04 Å². The van der Waals surface area contributed by atoms with E-state index in [9.17, 15) is 0 Å². The van der Waals surface area contributed by atoms with Crippen LogP contribution in [0.2, 0.25) is 0 Å². The molecule has 1 atom stereocenters. The lowest BCUT2D eigenvalue weighted by atomic mass is 9.97. The molecule has 0 fully saturated rings. The van der Waals surface area contributed by atoms with Gasteiger partial charge in [0, 0.05) is 4.88 Å². The van der Waals surface area contributed by atoms with E-state index in [2.05, 4.69) is 66.3 Å². The maximum Gasteiger partial charge on any atom is 0.122 e. The van der Waals surface area contributed by atoms with E-state index >= 15 is 0 Å². The number of ether oxygens (including phenoxy) is 1. The largest absolute Gasteiger partial charge is 0.496 e. The van der Waals surface area contributed by atoms with E-state index in [1.807, 2.05) is 0 Å². The Bertz CT molecular complexity index is 594. The lowest BCUT2D eigenvalue weighted by molar-refractivity contribution is 0.411. The first kappa shape index (κ1) is 15.5. The molecule has 1 heterocycles. The monoisotopic (exact) mass is 353 g/mol. The third-order valence-corrected chi connectivity index (χ3v) is 5.07. The van der Waals surface area contributed by atoms with E-state index in [0.717, 1.165) is 12.3 Å². The summed E-state index contributed by atoms with van der Waals surface area (Å²) in [5, 5.41) is 3.58. The van der Waals surface area contributed by atoms with Gasteiger partial charge in [0.1, 0.15) is 5.75 Å². The second-order valence-corrected chi connectivity index (χ2v) is 7.31. The minimum Gasteiger partial charge on any atom is -0.496 e. The fourth-order valence-corrected chi connectivity index (χ4v) is 3.91. The Labute approximate surface area is 133 Å². The van der Waals surface area contributed by atoms with Gasteiger partial charge in [-0.05, 0) is 71.2 Å². The van der Waals surface area contributed by atoms with Crippen LogP contribution in [0.4, 0.5) is 0 Å². The molecule has 20 heavy (non-hydrogen) atoms. The highest BCUT2D eigenvalue weighted by atomic mass is 79.9. The van der Waals surface area contributed by atoms with Gasteiger partial charge in [-0.2, -0.15) is 0 Å². The Morgan fingerprint density at radius 3 is 2.55 bits per heavy atom. The average molecular weight is 354 g/mol. The lowest BCUT2D eigenvalue weighted by Gasteiger charge is -2.21. The lowest BCUT2D eigenvalue weighted by Crippen LogP contribution is -2.22. The van der Waals surface area contributed by atoms with Crippen molar-refractivity contribution in [3.63, 3.8) is 0 Å². The van der Waals surface area contributed by atoms with Gasteiger partial charge >= 0.3 is 0 Å². The summed E-state index contributed by atoms with van der Waals surface area (Å²) >= 11 is 5.33. The van der Waals surface area contributed by atoms with E-state index < -0.39 is 0 Å². The van der Waals surface area contributed by atoms with Crippen molar-refractivity contribution in [2.45, 2.75) is 26.8 Å². The molecule has 0 saturated carbocycles. The molecule has 0 aliphatic rings. The minimum absolute atomic E-state index is 0.237. The third-order valence-electron chi connectivity index (χ3n) is 3.38. The average Bonchev–Trinajstić information content (AvgIpc) is 2.85. The number of methoxy groups -OCH3 is 1. The predicted octanol–water partition coefficient (Wildman–Crippen LogP) is 4.83. The Morgan fingerprint density at radius 2 is 2.00 bits per heavy atom. The van der Waals surface area contributed by atoms with Crippen molar-refractivity contribution in [2.75, 3.05) is 13.7 Å². The van der Waals surface area contributed by atoms with Crippen molar-refractivity contribution < 1.29 is 4.74 Å². The van der Waals surface area contributed by atoms with Crippen molar-refractivity contribution in [1.82, 2.24) is 5.32 Å². The van der Waals surface area contributed by atoms with Gasteiger partial charge in [0.2, 0.25) is 0 Å². The second kappa shape index (κ2) is 6.74. The van der Waals surface area contributed by atoms with Gasteiger partial charge in [-0.15, -0.1) is 11.3 Å². The molecule has 2 rings (SSSR count). The molecule has 0 saturated heterocycles. The molecule has 1 aromatic carbocycles. The minimum atomic E-state index is 0.237. The first-order valence-corrected chi connectivity index (χ1v) is 8.31. The zero-order valence-corrected chi connectivity index (χ0v) is 14.7. The first-order chi connectivity index (χ1) is 9.56. The van der Waals surface area contributed by atoms with Crippen LogP contribution in [0.25, 0.3) is 0 Å². The first-order valence-electron chi connectivity index (χ1n) is 6.70. The van der Waals surface area contributed by atoms with Crippen LogP contribution >= 0.6 is 27.3 Å². The number of halogens is 1. The van der Waals surface area contributed by atoms with Crippen molar-refractivity contribution in [3.8, 4) is 5.75 Å². The van der Waals surface area contributed by atoms with Crippen LogP contribution in [-0.2, 0) is 0 Å². The quantitative estimate of drug-likeness (QED) is 0.830. The van der Waals surface area contributed by atoms with Gasteiger partial charge in [-0.1, -0.05) is 13.0 Å². The van der Waals surface area contributed by atoms with Crippen LogP contribution in [0.1, 0.15) is 34.5 Å². The number of thiophene rings is 1. The molecule has 2 aromatic rings. The molecule has 2 nitrogen and oxygen atoms in total. The summed E-state index contributed by atoms with van der Waals surface area (Å²) in [7, 11) is 1.72. The number of hydrogen-bond acceptors (Lipinski definition) is 3. The maximum atomic E-state index is 5.41. The summed E-state index contributed by atoms with van der Waals surface area (Å²) in [6.07, 6.45) is 0. The zero-order valence-electron chi connectivity index (χ0n) is 12.3. The van der Waals surface area contributed by atoms with Crippen LogP contribution in [0.5, 0.6) is 5.75 Å². The van der Waals surface area contributed by atoms with Crippen LogP contribution in [0.3, 0.4) is 0 Å². The molecular weight excluding hydrogens is 334 g/mol. The summed E-state index contributed by atoms with van der Waals surface area (Å²) in [6, 6.07) is 8.88. The fraction of sp³-hybridized carbons (Fsp3) is 0.375. The molecule has 1 N–H and O–H groups in total. The number of nitrogens with one attached hydrogen (secondary N) is 1.